The predicted octanol–water partition coefficient (Wildman–Crippen LogP) is 4.35. The fourth-order valence-electron chi connectivity index (χ4n) is 2.04. The molecule has 108 valence electrons. The van der Waals surface area contributed by atoms with Crippen LogP contribution in [-0.2, 0) is 6.42 Å². The van der Waals surface area contributed by atoms with E-state index in [2.05, 4.69) is 37.8 Å². The molecular formula is C13H14BrClFN3S. The Morgan fingerprint density at radius 3 is 2.90 bits per heavy atom. The van der Waals surface area contributed by atoms with Crippen molar-refractivity contribution in [1.82, 2.24) is 14.9 Å². The van der Waals surface area contributed by atoms with E-state index in [4.69, 9.17) is 11.6 Å². The number of rotatable bonds is 5. The van der Waals surface area contributed by atoms with Crippen molar-refractivity contribution in [2.75, 3.05) is 7.05 Å². The fourth-order valence-corrected chi connectivity index (χ4v) is 3.34. The van der Waals surface area contributed by atoms with Crippen molar-refractivity contribution in [3.63, 3.8) is 0 Å². The number of nitrogens with zero attached hydrogens (tertiary/aromatic N) is 2. The molecule has 1 aromatic carbocycles. The van der Waals surface area contributed by atoms with Gasteiger partial charge in [-0.25, -0.2) is 4.39 Å². The Morgan fingerprint density at radius 2 is 2.25 bits per heavy atom. The van der Waals surface area contributed by atoms with Gasteiger partial charge in [-0.3, -0.25) is 0 Å². The number of benzene rings is 1. The number of halogens is 3. The summed E-state index contributed by atoms with van der Waals surface area (Å²) in [6, 6.07) is 3.18. The molecule has 0 aliphatic carbocycles. The van der Waals surface area contributed by atoms with Gasteiger partial charge in [0, 0.05) is 10.0 Å². The van der Waals surface area contributed by atoms with E-state index in [1.54, 1.807) is 19.2 Å². The van der Waals surface area contributed by atoms with Crippen LogP contribution in [0, 0.1) is 5.82 Å². The minimum Gasteiger partial charge on any atom is -0.308 e. The molecule has 1 unspecified atom stereocenters. The maximum absolute atomic E-state index is 14.4. The lowest BCUT2D eigenvalue weighted by Crippen LogP contribution is -2.19. The normalized spacial score (nSPS) is 12.7. The van der Waals surface area contributed by atoms with Crippen LogP contribution in [0.25, 0.3) is 0 Å². The maximum atomic E-state index is 14.4. The van der Waals surface area contributed by atoms with E-state index in [1.165, 1.54) is 11.5 Å². The first-order valence-electron chi connectivity index (χ1n) is 6.21. The maximum Gasteiger partial charge on any atom is 0.148 e. The quantitative estimate of drug-likeness (QED) is 0.786. The number of hydrogen-bond donors (Lipinski definition) is 1. The van der Waals surface area contributed by atoms with E-state index in [0.29, 0.717) is 10.0 Å². The van der Waals surface area contributed by atoms with E-state index in [-0.39, 0.29) is 11.1 Å². The molecule has 0 aliphatic rings. The van der Waals surface area contributed by atoms with Crippen molar-refractivity contribution in [3.8, 4) is 0 Å². The Labute approximate surface area is 134 Å². The van der Waals surface area contributed by atoms with Crippen LogP contribution in [0.15, 0.2) is 16.6 Å². The summed E-state index contributed by atoms with van der Waals surface area (Å²) in [5.41, 5.74) is 1.42. The lowest BCUT2D eigenvalue weighted by atomic mass is 10.0. The van der Waals surface area contributed by atoms with E-state index in [0.717, 1.165) is 23.4 Å². The zero-order chi connectivity index (χ0) is 14.7. The monoisotopic (exact) mass is 377 g/mol. The summed E-state index contributed by atoms with van der Waals surface area (Å²) >= 11 is 10.5. The minimum absolute atomic E-state index is 0.0947. The Kier molecular flexibility index (Phi) is 5.49. The smallest absolute Gasteiger partial charge is 0.148 e. The molecule has 0 amide bonds. The van der Waals surface area contributed by atoms with Crippen LogP contribution >= 0.6 is 39.1 Å². The number of hydrogen-bond acceptors (Lipinski definition) is 4. The van der Waals surface area contributed by atoms with Crippen LogP contribution in [-0.4, -0.2) is 16.6 Å². The van der Waals surface area contributed by atoms with Gasteiger partial charge in [-0.1, -0.05) is 35.5 Å². The molecule has 0 aliphatic heterocycles. The van der Waals surface area contributed by atoms with Crippen LogP contribution < -0.4 is 5.32 Å². The van der Waals surface area contributed by atoms with Gasteiger partial charge in [0.15, 0.2) is 0 Å². The lowest BCUT2D eigenvalue weighted by Gasteiger charge is -2.17. The summed E-state index contributed by atoms with van der Waals surface area (Å²) in [6.45, 7) is 2.08. The third-order valence-electron chi connectivity index (χ3n) is 3.00. The second-order valence-electron chi connectivity index (χ2n) is 4.32. The Bertz CT molecular complexity index is 605. The zero-order valence-corrected chi connectivity index (χ0v) is 14.2. The molecule has 0 radical (unpaired) electrons. The van der Waals surface area contributed by atoms with Crippen molar-refractivity contribution in [1.29, 1.82) is 0 Å². The van der Waals surface area contributed by atoms with Crippen LogP contribution in [0.1, 0.15) is 35.5 Å². The summed E-state index contributed by atoms with van der Waals surface area (Å²) in [4.78, 5) is 0.937. The van der Waals surface area contributed by atoms with Crippen LogP contribution in [0.3, 0.4) is 0 Å². The van der Waals surface area contributed by atoms with Gasteiger partial charge in [0.1, 0.15) is 5.82 Å². The van der Waals surface area contributed by atoms with Gasteiger partial charge in [0.05, 0.1) is 21.6 Å². The first kappa shape index (κ1) is 15.8. The molecule has 1 heterocycles. The second-order valence-corrected chi connectivity index (χ2v) is 6.34. The van der Waals surface area contributed by atoms with Gasteiger partial charge in [-0.2, -0.15) is 0 Å². The molecule has 3 nitrogen and oxygen atoms in total. The average molecular weight is 379 g/mol. The molecule has 0 fully saturated rings. The van der Waals surface area contributed by atoms with Gasteiger partial charge < -0.3 is 5.32 Å². The van der Waals surface area contributed by atoms with E-state index >= 15 is 0 Å². The Hall–Kier alpha value is -0.560. The molecule has 7 heteroatoms. The van der Waals surface area contributed by atoms with Crippen molar-refractivity contribution in [3.05, 3.63) is 43.6 Å². The van der Waals surface area contributed by atoms with Gasteiger partial charge >= 0.3 is 0 Å². The standard InChI is InChI=1S/C13H14BrClFN3S/c1-3-4-9-13(20-19-18-9)12(17-2)7-5-6-8(14)10(15)11(7)16/h5-6,12,17H,3-4H2,1-2H3. The highest BCUT2D eigenvalue weighted by molar-refractivity contribution is 9.10. The van der Waals surface area contributed by atoms with Crippen molar-refractivity contribution in [2.45, 2.75) is 25.8 Å². The van der Waals surface area contributed by atoms with Crippen LogP contribution in [0.2, 0.25) is 5.02 Å². The highest BCUT2D eigenvalue weighted by atomic mass is 79.9. The van der Waals surface area contributed by atoms with E-state index in [9.17, 15) is 4.39 Å². The molecule has 0 bridgehead atoms. The number of aryl methyl sites for hydroxylation is 1. The molecule has 0 saturated carbocycles. The number of aromatic nitrogens is 2. The van der Waals surface area contributed by atoms with Crippen LogP contribution in [0.5, 0.6) is 0 Å². The summed E-state index contributed by atoms with van der Waals surface area (Å²) < 4.78 is 18.9. The largest absolute Gasteiger partial charge is 0.308 e. The first-order valence-corrected chi connectivity index (χ1v) is 8.16. The molecule has 2 aromatic rings. The van der Waals surface area contributed by atoms with Gasteiger partial charge in [-0.15, -0.1) is 5.10 Å². The minimum atomic E-state index is -0.420. The van der Waals surface area contributed by atoms with Crippen molar-refractivity contribution >= 4 is 39.1 Å². The fraction of sp³-hybridized carbons (Fsp3) is 0.385. The zero-order valence-electron chi connectivity index (χ0n) is 11.1. The first-order chi connectivity index (χ1) is 9.60. The third-order valence-corrected chi connectivity index (χ3v) is 5.09. The molecular weight excluding hydrogens is 365 g/mol. The topological polar surface area (TPSA) is 37.8 Å². The number of nitrogens with one attached hydrogen (secondary N) is 1. The lowest BCUT2D eigenvalue weighted by molar-refractivity contribution is 0.576. The Balaban J connectivity index is 2.47. The van der Waals surface area contributed by atoms with Gasteiger partial charge in [0.25, 0.3) is 0 Å². The molecule has 2 rings (SSSR count). The van der Waals surface area contributed by atoms with Gasteiger partial charge in [-0.05, 0) is 47.0 Å². The summed E-state index contributed by atoms with van der Waals surface area (Å²) in [7, 11) is 1.79. The molecule has 1 N–H and O–H groups in total. The third kappa shape index (κ3) is 3.03. The van der Waals surface area contributed by atoms with E-state index in [1.807, 2.05) is 0 Å². The summed E-state index contributed by atoms with van der Waals surface area (Å²) in [5, 5.41) is 7.35. The molecule has 1 atom stereocenters. The molecule has 0 saturated heterocycles. The molecule has 20 heavy (non-hydrogen) atoms. The van der Waals surface area contributed by atoms with Crippen LogP contribution in [0.4, 0.5) is 4.39 Å². The van der Waals surface area contributed by atoms with E-state index < -0.39 is 5.82 Å². The second kappa shape index (κ2) is 6.93. The van der Waals surface area contributed by atoms with Crippen molar-refractivity contribution < 1.29 is 4.39 Å². The predicted molar refractivity (Wildman–Crippen MR) is 83.9 cm³/mol. The SMILES string of the molecule is CCCc1nnsc1C(NC)c1ccc(Br)c(Cl)c1F. The molecule has 1 aromatic heterocycles. The highest BCUT2D eigenvalue weighted by Crippen LogP contribution is 2.34. The average Bonchev–Trinajstić information content (AvgIpc) is 2.88. The summed E-state index contributed by atoms with van der Waals surface area (Å²) in [6.07, 6.45) is 1.80. The Morgan fingerprint density at radius 1 is 1.50 bits per heavy atom. The molecule has 0 spiro atoms. The highest BCUT2D eigenvalue weighted by Gasteiger charge is 2.24. The summed E-state index contributed by atoms with van der Waals surface area (Å²) in [5.74, 6) is -0.420. The van der Waals surface area contributed by atoms with Crippen molar-refractivity contribution in [2.24, 2.45) is 0 Å². The van der Waals surface area contributed by atoms with Gasteiger partial charge in [0.2, 0.25) is 0 Å².